The lowest BCUT2D eigenvalue weighted by molar-refractivity contribution is -0.00518. The van der Waals surface area contributed by atoms with E-state index < -0.39 is 5.97 Å². The summed E-state index contributed by atoms with van der Waals surface area (Å²) >= 11 is 0. The molecule has 192 valence electrons. The van der Waals surface area contributed by atoms with Crippen LogP contribution in [0.15, 0.2) is 66.7 Å². The first-order valence-corrected chi connectivity index (χ1v) is 13.4. The number of esters is 1. The summed E-state index contributed by atoms with van der Waals surface area (Å²) in [5, 5.41) is 3.34. The van der Waals surface area contributed by atoms with E-state index in [2.05, 4.69) is 53.7 Å². The minimum absolute atomic E-state index is 0.382. The van der Waals surface area contributed by atoms with Crippen LogP contribution in [-0.4, -0.2) is 27.2 Å². The third-order valence-electron chi connectivity index (χ3n) is 9.07. The van der Waals surface area contributed by atoms with Crippen molar-refractivity contribution in [3.8, 4) is 5.75 Å². The Balaban J connectivity index is 1.18. The van der Waals surface area contributed by atoms with Crippen LogP contribution in [0.2, 0.25) is 0 Å². The van der Waals surface area contributed by atoms with Gasteiger partial charge in [0.1, 0.15) is 11.3 Å². The van der Waals surface area contributed by atoms with Gasteiger partial charge in [-0.05, 0) is 116 Å². The fourth-order valence-electron chi connectivity index (χ4n) is 7.69. The quantitative estimate of drug-likeness (QED) is 0.344. The molecule has 0 aromatic heterocycles. The molecule has 0 aliphatic heterocycles. The Bertz CT molecular complexity index is 1250. The van der Waals surface area contributed by atoms with E-state index in [4.69, 9.17) is 9.47 Å². The fraction of sp³-hybridized carbons (Fsp3) is 0.406. The minimum atomic E-state index is -0.437. The van der Waals surface area contributed by atoms with Gasteiger partial charge in [0.15, 0.2) is 0 Å². The molecule has 0 heterocycles. The Morgan fingerprint density at radius 2 is 1.41 bits per heavy atom. The Morgan fingerprint density at radius 1 is 0.838 bits per heavy atom. The molecule has 0 unspecified atom stereocenters. The molecule has 4 bridgehead atoms. The van der Waals surface area contributed by atoms with Crippen molar-refractivity contribution in [3.05, 3.63) is 77.9 Å². The SMILES string of the molecule is COC(=O)c1c(Nc2ccc(N(C)c3ccc(C45CC6CC(CC(C6)C4)C5)cc3)cc2)cccc1OC. The molecule has 0 saturated heterocycles. The zero-order chi connectivity index (χ0) is 25.6. The standard InChI is InChI=1S/C32H36N2O3/c1-34(26-11-7-24(8-12-26)32-18-21-15-22(19-32)17-23(16-21)20-32)27-13-9-25(10-14-27)33-28-5-4-6-29(36-2)30(28)31(35)37-3/h4-14,21-23,33H,15-20H2,1-3H3. The molecule has 0 spiro atoms. The van der Waals surface area contributed by atoms with Crippen LogP contribution in [0.5, 0.6) is 5.75 Å². The van der Waals surface area contributed by atoms with Crippen LogP contribution in [0.1, 0.15) is 54.4 Å². The third kappa shape index (κ3) is 4.35. The van der Waals surface area contributed by atoms with E-state index in [1.54, 1.807) is 18.7 Å². The van der Waals surface area contributed by atoms with Crippen molar-refractivity contribution in [1.82, 2.24) is 0 Å². The molecular weight excluding hydrogens is 460 g/mol. The number of nitrogens with zero attached hydrogens (tertiary/aromatic N) is 1. The Labute approximate surface area is 219 Å². The largest absolute Gasteiger partial charge is 0.496 e. The summed E-state index contributed by atoms with van der Waals surface area (Å²) in [6, 6.07) is 23.1. The molecule has 7 rings (SSSR count). The summed E-state index contributed by atoms with van der Waals surface area (Å²) in [5.41, 5.74) is 6.19. The van der Waals surface area contributed by atoms with Crippen molar-refractivity contribution in [1.29, 1.82) is 0 Å². The van der Waals surface area contributed by atoms with Gasteiger partial charge in [-0.1, -0.05) is 18.2 Å². The van der Waals surface area contributed by atoms with Gasteiger partial charge in [-0.25, -0.2) is 4.79 Å². The van der Waals surface area contributed by atoms with Crippen molar-refractivity contribution < 1.29 is 14.3 Å². The van der Waals surface area contributed by atoms with E-state index in [-0.39, 0.29) is 0 Å². The minimum Gasteiger partial charge on any atom is -0.496 e. The molecule has 0 amide bonds. The fourth-order valence-corrected chi connectivity index (χ4v) is 7.69. The highest BCUT2D eigenvalue weighted by atomic mass is 16.5. The molecule has 4 aliphatic rings. The van der Waals surface area contributed by atoms with Crippen molar-refractivity contribution in [2.24, 2.45) is 17.8 Å². The second kappa shape index (κ2) is 9.44. The lowest BCUT2D eigenvalue weighted by Gasteiger charge is -2.57. The van der Waals surface area contributed by atoms with E-state index in [1.165, 1.54) is 51.3 Å². The van der Waals surface area contributed by atoms with Gasteiger partial charge in [0, 0.05) is 24.1 Å². The van der Waals surface area contributed by atoms with Crippen molar-refractivity contribution in [2.45, 2.75) is 43.9 Å². The van der Waals surface area contributed by atoms with Crippen LogP contribution in [0.4, 0.5) is 22.7 Å². The average Bonchev–Trinajstić information content (AvgIpc) is 2.92. The molecule has 4 aliphatic carbocycles. The van der Waals surface area contributed by atoms with Crippen LogP contribution in [0, 0.1) is 17.8 Å². The molecule has 0 radical (unpaired) electrons. The van der Waals surface area contributed by atoms with Crippen LogP contribution in [0.25, 0.3) is 0 Å². The number of benzene rings is 3. The Kier molecular flexibility index (Phi) is 6.10. The zero-order valence-corrected chi connectivity index (χ0v) is 22.0. The number of hydrogen-bond acceptors (Lipinski definition) is 5. The van der Waals surface area contributed by atoms with Gasteiger partial charge in [-0.15, -0.1) is 0 Å². The molecule has 1 N–H and O–H groups in total. The van der Waals surface area contributed by atoms with Gasteiger partial charge in [-0.3, -0.25) is 0 Å². The highest BCUT2D eigenvalue weighted by Crippen LogP contribution is 2.60. The first-order chi connectivity index (χ1) is 18.0. The van der Waals surface area contributed by atoms with Gasteiger partial charge in [0.05, 0.1) is 19.9 Å². The maximum Gasteiger partial charge on any atom is 0.343 e. The summed E-state index contributed by atoms with van der Waals surface area (Å²) in [4.78, 5) is 14.6. The first-order valence-electron chi connectivity index (χ1n) is 13.4. The van der Waals surface area contributed by atoms with Crippen LogP contribution in [0.3, 0.4) is 0 Å². The highest BCUT2D eigenvalue weighted by molar-refractivity contribution is 5.99. The molecule has 5 nitrogen and oxygen atoms in total. The van der Waals surface area contributed by atoms with Crippen molar-refractivity contribution >= 4 is 28.7 Å². The summed E-state index contributed by atoms with van der Waals surface area (Å²) in [6.45, 7) is 0. The van der Waals surface area contributed by atoms with Crippen LogP contribution >= 0.6 is 0 Å². The Hall–Kier alpha value is -3.47. The predicted octanol–water partition coefficient (Wildman–Crippen LogP) is 7.46. The molecule has 37 heavy (non-hydrogen) atoms. The predicted molar refractivity (Wildman–Crippen MR) is 148 cm³/mol. The van der Waals surface area contributed by atoms with Crippen molar-refractivity contribution in [3.63, 3.8) is 0 Å². The third-order valence-corrected chi connectivity index (χ3v) is 9.07. The second-order valence-corrected chi connectivity index (χ2v) is 11.4. The smallest absolute Gasteiger partial charge is 0.343 e. The normalized spacial score (nSPS) is 25.5. The number of nitrogens with one attached hydrogen (secondary N) is 1. The van der Waals surface area contributed by atoms with E-state index in [9.17, 15) is 4.79 Å². The summed E-state index contributed by atoms with van der Waals surface area (Å²) in [7, 11) is 5.03. The number of anilines is 4. The van der Waals surface area contributed by atoms with E-state index in [0.29, 0.717) is 22.4 Å². The number of methoxy groups -OCH3 is 2. The lowest BCUT2D eigenvalue weighted by Crippen LogP contribution is -2.48. The van der Waals surface area contributed by atoms with Crippen LogP contribution < -0.4 is 15.0 Å². The molecule has 4 fully saturated rings. The Morgan fingerprint density at radius 3 is 1.95 bits per heavy atom. The molecular formula is C32H36N2O3. The maximum atomic E-state index is 12.4. The summed E-state index contributed by atoms with van der Waals surface area (Å²) < 4.78 is 10.3. The lowest BCUT2D eigenvalue weighted by atomic mass is 9.48. The molecule has 0 atom stereocenters. The monoisotopic (exact) mass is 496 g/mol. The number of rotatable bonds is 7. The second-order valence-electron chi connectivity index (χ2n) is 11.4. The number of hydrogen-bond donors (Lipinski definition) is 1. The summed E-state index contributed by atoms with van der Waals surface area (Å²) in [6.07, 6.45) is 8.63. The molecule has 3 aromatic carbocycles. The number of ether oxygens (including phenoxy) is 2. The molecule has 5 heteroatoms. The first kappa shape index (κ1) is 23.9. The molecule has 3 aromatic rings. The topological polar surface area (TPSA) is 50.8 Å². The van der Waals surface area contributed by atoms with Gasteiger partial charge in [-0.2, -0.15) is 0 Å². The van der Waals surface area contributed by atoms with Crippen molar-refractivity contribution in [2.75, 3.05) is 31.5 Å². The number of carbonyl (C=O) groups is 1. The zero-order valence-electron chi connectivity index (χ0n) is 22.0. The summed E-state index contributed by atoms with van der Waals surface area (Å²) in [5.74, 6) is 2.92. The van der Waals surface area contributed by atoms with Gasteiger partial charge < -0.3 is 19.7 Å². The molecule has 4 saturated carbocycles. The van der Waals surface area contributed by atoms with Crippen LogP contribution in [-0.2, 0) is 10.2 Å². The van der Waals surface area contributed by atoms with Gasteiger partial charge in [0.25, 0.3) is 0 Å². The van der Waals surface area contributed by atoms with Gasteiger partial charge in [0.2, 0.25) is 0 Å². The average molecular weight is 497 g/mol. The highest BCUT2D eigenvalue weighted by Gasteiger charge is 2.51. The maximum absolute atomic E-state index is 12.4. The van der Waals surface area contributed by atoms with Gasteiger partial charge >= 0.3 is 5.97 Å². The van der Waals surface area contributed by atoms with E-state index >= 15 is 0 Å². The van der Waals surface area contributed by atoms with E-state index in [0.717, 1.165) is 29.1 Å². The number of carbonyl (C=O) groups excluding carboxylic acids is 1. The van der Waals surface area contributed by atoms with E-state index in [1.807, 2.05) is 24.3 Å².